The van der Waals surface area contributed by atoms with Gasteiger partial charge < -0.3 is 0 Å². The number of hydrogen-bond acceptors (Lipinski definition) is 3. The summed E-state index contributed by atoms with van der Waals surface area (Å²) in [7, 11) is 0. The SMILES string of the molecule is O=Nc1ccc2sccc2c1. The fourth-order valence-corrected chi connectivity index (χ4v) is 1.78. The summed E-state index contributed by atoms with van der Waals surface area (Å²) < 4.78 is 1.19. The summed E-state index contributed by atoms with van der Waals surface area (Å²) in [4.78, 5) is 10.1. The van der Waals surface area contributed by atoms with Gasteiger partial charge in [-0.15, -0.1) is 16.2 Å². The minimum Gasteiger partial charge on any atom is -0.145 e. The highest BCUT2D eigenvalue weighted by Gasteiger charge is 1.95. The van der Waals surface area contributed by atoms with Crippen LogP contribution in [0.3, 0.4) is 0 Å². The van der Waals surface area contributed by atoms with Gasteiger partial charge in [-0.1, -0.05) is 0 Å². The summed E-state index contributed by atoms with van der Waals surface area (Å²) in [6.45, 7) is 0. The van der Waals surface area contributed by atoms with E-state index >= 15 is 0 Å². The maximum absolute atomic E-state index is 10.1. The van der Waals surface area contributed by atoms with E-state index in [0.29, 0.717) is 5.69 Å². The molecule has 0 bridgehead atoms. The molecule has 2 aromatic rings. The first-order valence-electron chi connectivity index (χ1n) is 3.21. The van der Waals surface area contributed by atoms with Crippen molar-refractivity contribution in [1.29, 1.82) is 0 Å². The highest BCUT2D eigenvalue weighted by molar-refractivity contribution is 7.17. The lowest BCUT2D eigenvalue weighted by atomic mass is 10.2. The molecule has 1 heterocycles. The second kappa shape index (κ2) is 2.43. The Morgan fingerprint density at radius 3 is 3.00 bits per heavy atom. The maximum atomic E-state index is 10.1. The van der Waals surface area contributed by atoms with E-state index in [-0.39, 0.29) is 0 Å². The number of fused-ring (bicyclic) bond motifs is 1. The Hall–Kier alpha value is -1.22. The molecule has 0 saturated carbocycles. The summed E-state index contributed by atoms with van der Waals surface area (Å²) in [5.41, 5.74) is 0.496. The number of nitroso groups, excluding NO2 is 1. The smallest absolute Gasteiger partial charge is 0.108 e. The normalized spacial score (nSPS) is 10.2. The van der Waals surface area contributed by atoms with Crippen LogP contribution in [-0.2, 0) is 0 Å². The molecule has 54 valence electrons. The molecule has 11 heavy (non-hydrogen) atoms. The topological polar surface area (TPSA) is 29.4 Å². The Labute approximate surface area is 67.4 Å². The van der Waals surface area contributed by atoms with E-state index in [4.69, 9.17) is 0 Å². The van der Waals surface area contributed by atoms with Crippen molar-refractivity contribution >= 4 is 27.1 Å². The zero-order valence-corrected chi connectivity index (χ0v) is 6.47. The molecule has 0 radical (unpaired) electrons. The minimum absolute atomic E-state index is 0.496. The van der Waals surface area contributed by atoms with Crippen LogP contribution < -0.4 is 0 Å². The van der Waals surface area contributed by atoms with E-state index in [2.05, 4.69) is 5.18 Å². The molecule has 0 aliphatic rings. The van der Waals surface area contributed by atoms with Gasteiger partial charge in [0.05, 0.1) is 0 Å². The van der Waals surface area contributed by atoms with Gasteiger partial charge in [-0.05, 0) is 40.2 Å². The summed E-state index contributed by atoms with van der Waals surface area (Å²) >= 11 is 1.66. The molecule has 0 atom stereocenters. The largest absolute Gasteiger partial charge is 0.145 e. The molecule has 1 aromatic carbocycles. The van der Waals surface area contributed by atoms with Crippen LogP contribution in [0.15, 0.2) is 34.8 Å². The molecule has 0 amide bonds. The fourth-order valence-electron chi connectivity index (χ4n) is 1.01. The number of nitrogens with zero attached hydrogens (tertiary/aromatic N) is 1. The van der Waals surface area contributed by atoms with Crippen molar-refractivity contribution < 1.29 is 0 Å². The van der Waals surface area contributed by atoms with Crippen molar-refractivity contribution in [1.82, 2.24) is 0 Å². The molecule has 0 saturated heterocycles. The van der Waals surface area contributed by atoms with Gasteiger partial charge in [0.25, 0.3) is 0 Å². The quantitative estimate of drug-likeness (QED) is 0.593. The van der Waals surface area contributed by atoms with Gasteiger partial charge >= 0.3 is 0 Å². The molecule has 0 spiro atoms. The third kappa shape index (κ3) is 1.03. The third-order valence-electron chi connectivity index (χ3n) is 1.54. The zero-order valence-electron chi connectivity index (χ0n) is 5.65. The molecule has 2 nitrogen and oxygen atoms in total. The zero-order chi connectivity index (χ0) is 7.68. The molecular weight excluding hydrogens is 158 g/mol. The Morgan fingerprint density at radius 1 is 1.27 bits per heavy atom. The lowest BCUT2D eigenvalue weighted by Gasteiger charge is -1.88. The molecule has 1 aromatic heterocycles. The van der Waals surface area contributed by atoms with Crippen molar-refractivity contribution in [3.63, 3.8) is 0 Å². The van der Waals surface area contributed by atoms with Crippen molar-refractivity contribution in [3.05, 3.63) is 34.6 Å². The lowest BCUT2D eigenvalue weighted by molar-refractivity contribution is 1.53. The van der Waals surface area contributed by atoms with Gasteiger partial charge in [0.15, 0.2) is 0 Å². The minimum atomic E-state index is 0.496. The van der Waals surface area contributed by atoms with Crippen LogP contribution in [0, 0.1) is 4.91 Å². The first kappa shape index (κ1) is 6.49. The van der Waals surface area contributed by atoms with Crippen molar-refractivity contribution in [2.45, 2.75) is 0 Å². The van der Waals surface area contributed by atoms with Crippen LogP contribution in [-0.4, -0.2) is 0 Å². The van der Waals surface area contributed by atoms with Crippen LogP contribution in [0.1, 0.15) is 0 Å². The fraction of sp³-hybridized carbons (Fsp3) is 0. The van der Waals surface area contributed by atoms with Gasteiger partial charge in [-0.2, -0.15) is 0 Å². The molecule has 0 unspecified atom stereocenters. The van der Waals surface area contributed by atoms with Gasteiger partial charge in [0.2, 0.25) is 0 Å². The van der Waals surface area contributed by atoms with Crippen LogP contribution in [0.2, 0.25) is 0 Å². The predicted octanol–water partition coefficient (Wildman–Crippen LogP) is 3.30. The number of thiophene rings is 1. The van der Waals surface area contributed by atoms with Gasteiger partial charge in [-0.25, -0.2) is 0 Å². The second-order valence-corrected chi connectivity index (χ2v) is 3.18. The Balaban J connectivity index is 2.76. The summed E-state index contributed by atoms with van der Waals surface area (Å²) in [6.07, 6.45) is 0. The predicted molar refractivity (Wildman–Crippen MR) is 47.3 cm³/mol. The lowest BCUT2D eigenvalue weighted by Crippen LogP contribution is -1.61. The van der Waals surface area contributed by atoms with Gasteiger partial charge in [0.1, 0.15) is 5.69 Å². The molecule has 0 fully saturated rings. The average molecular weight is 163 g/mol. The molecule has 0 N–H and O–H groups in total. The van der Waals surface area contributed by atoms with E-state index in [9.17, 15) is 4.91 Å². The second-order valence-electron chi connectivity index (χ2n) is 2.23. The highest BCUT2D eigenvalue weighted by atomic mass is 32.1. The number of hydrogen-bond donors (Lipinski definition) is 0. The Morgan fingerprint density at radius 2 is 2.18 bits per heavy atom. The standard InChI is InChI=1S/C8H5NOS/c10-9-7-1-2-8-6(5-7)3-4-11-8/h1-5H. The Bertz CT molecular complexity index is 394. The van der Waals surface area contributed by atoms with Gasteiger partial charge in [-0.3, -0.25) is 0 Å². The molecule has 0 aliphatic heterocycles. The summed E-state index contributed by atoms with van der Waals surface area (Å²) in [5.74, 6) is 0. The van der Waals surface area contributed by atoms with E-state index in [1.807, 2.05) is 17.5 Å². The maximum Gasteiger partial charge on any atom is 0.108 e. The van der Waals surface area contributed by atoms with Crippen LogP contribution >= 0.6 is 11.3 Å². The average Bonchev–Trinajstić information content (AvgIpc) is 2.50. The first-order chi connectivity index (χ1) is 5.40. The summed E-state index contributed by atoms with van der Waals surface area (Å²) in [6, 6.07) is 7.41. The number of rotatable bonds is 1. The third-order valence-corrected chi connectivity index (χ3v) is 2.44. The van der Waals surface area contributed by atoms with Gasteiger partial charge in [0, 0.05) is 4.70 Å². The highest BCUT2D eigenvalue weighted by Crippen LogP contribution is 2.24. The molecule has 3 heteroatoms. The Kier molecular flexibility index (Phi) is 1.43. The molecule has 2 rings (SSSR count). The van der Waals surface area contributed by atoms with Crippen molar-refractivity contribution in [2.75, 3.05) is 0 Å². The number of benzene rings is 1. The first-order valence-corrected chi connectivity index (χ1v) is 4.09. The monoisotopic (exact) mass is 163 g/mol. The van der Waals surface area contributed by atoms with E-state index in [1.165, 1.54) is 4.70 Å². The molecular formula is C8H5NOS. The van der Waals surface area contributed by atoms with E-state index in [1.54, 1.807) is 23.5 Å². The van der Waals surface area contributed by atoms with Crippen molar-refractivity contribution in [3.8, 4) is 0 Å². The van der Waals surface area contributed by atoms with E-state index in [0.717, 1.165) is 5.39 Å². The summed E-state index contributed by atoms with van der Waals surface area (Å²) in [5, 5.41) is 5.94. The van der Waals surface area contributed by atoms with Crippen LogP contribution in [0.25, 0.3) is 10.1 Å². The van der Waals surface area contributed by atoms with E-state index < -0.39 is 0 Å². The van der Waals surface area contributed by atoms with Crippen LogP contribution in [0.4, 0.5) is 5.69 Å². The molecule has 0 aliphatic carbocycles. The van der Waals surface area contributed by atoms with Crippen molar-refractivity contribution in [2.24, 2.45) is 5.18 Å². The van der Waals surface area contributed by atoms with Crippen LogP contribution in [0.5, 0.6) is 0 Å².